The van der Waals surface area contributed by atoms with Crippen LogP contribution in [-0.2, 0) is 51.0 Å². The normalized spacial score (nSPS) is 19.2. The van der Waals surface area contributed by atoms with Gasteiger partial charge in [0.25, 0.3) is 0 Å². The van der Waals surface area contributed by atoms with Crippen LogP contribution in [0.25, 0.3) is 0 Å². The molecule has 0 aromatic rings. The van der Waals surface area contributed by atoms with Crippen LogP contribution in [0.3, 0.4) is 0 Å². The Hall–Kier alpha value is -2.35. The van der Waals surface area contributed by atoms with E-state index in [0.717, 1.165) is 114 Å². The number of quaternary nitrogens is 2. The fourth-order valence-electron chi connectivity index (χ4n) is 9.03. The van der Waals surface area contributed by atoms with E-state index in [-0.39, 0.29) is 50.9 Å². The minimum Gasteiger partial charge on any atom is -0.463 e. The van der Waals surface area contributed by atoms with Crippen LogP contribution in [0, 0.1) is 0 Å². The molecular formula is C56H107F2N5O13P2+2. The molecule has 0 aromatic heterocycles. The standard InChI is InChI=1S/C56H105F2N5O13P2/c1-49-60-51(59)40-41-61(49)55-56(57,58)54(76-53(65)39-35-31-27-23-19-15-11-9-13-17-21-25-29-33-37-45-72-78(68,69)74-47-43-63(5,6)7)50(75-55)48-70-52(64)38-34-30-26-22-18-14-10-8-12-16-20-24-28-32-36-44-71-77(66,67)73-46-42-62(2,3)4/h40-41,50,54-55H,1,8-39,42-48H2,2-7H3,(H2-2,59,60,66,67,68,69)/p+2/t50-,54?,55-/m1/s1. The number of phosphoric ester groups is 2. The average molecular weight is 1160 g/mol. The zero-order valence-electron chi connectivity index (χ0n) is 49.1. The van der Waals surface area contributed by atoms with Crippen molar-refractivity contribution in [2.45, 2.75) is 230 Å². The van der Waals surface area contributed by atoms with Crippen molar-refractivity contribution in [2.24, 2.45) is 10.7 Å². The molecule has 0 aromatic carbocycles. The molecule has 5 atom stereocenters. The van der Waals surface area contributed by atoms with Gasteiger partial charge in [-0.25, -0.2) is 14.1 Å². The molecule has 22 heteroatoms. The van der Waals surface area contributed by atoms with Gasteiger partial charge < -0.3 is 43.6 Å². The molecule has 0 radical (unpaired) electrons. The number of nitrogens with two attached hydrogens (primary N) is 1. The molecule has 18 nitrogen and oxygen atoms in total. The maximum absolute atomic E-state index is 16.1. The zero-order chi connectivity index (χ0) is 57.8. The number of carbonyl (C=O) groups is 2. The van der Waals surface area contributed by atoms with Gasteiger partial charge >= 0.3 is 33.5 Å². The number of hydrogen-bond acceptors (Lipinski definition) is 14. The van der Waals surface area contributed by atoms with Crippen LogP contribution in [0.15, 0.2) is 29.7 Å². The highest BCUT2D eigenvalue weighted by Gasteiger charge is 2.63. The van der Waals surface area contributed by atoms with Crippen molar-refractivity contribution in [1.29, 1.82) is 0 Å². The third kappa shape index (κ3) is 36.2. The van der Waals surface area contributed by atoms with E-state index in [1.165, 1.54) is 82.9 Å². The predicted molar refractivity (Wildman–Crippen MR) is 303 cm³/mol. The molecule has 3 unspecified atom stereocenters. The van der Waals surface area contributed by atoms with Crippen LogP contribution in [0.1, 0.15) is 205 Å². The van der Waals surface area contributed by atoms with Crippen molar-refractivity contribution >= 4 is 33.4 Å². The second-order valence-electron chi connectivity index (χ2n) is 23.4. The Morgan fingerprint density at radius 3 is 1.29 bits per heavy atom. The summed E-state index contributed by atoms with van der Waals surface area (Å²) in [4.78, 5) is 50.4. The Kier molecular flexibility index (Phi) is 36.8. The molecule has 0 aliphatic carbocycles. The van der Waals surface area contributed by atoms with Crippen LogP contribution in [0.5, 0.6) is 0 Å². The fourth-order valence-corrected chi connectivity index (χ4v) is 10.5. The predicted octanol–water partition coefficient (Wildman–Crippen LogP) is 12.6. The average Bonchev–Trinajstić information content (AvgIpc) is 3.59. The van der Waals surface area contributed by atoms with E-state index < -0.39 is 58.5 Å². The number of hydrogen-bond donors (Lipinski definition) is 3. The van der Waals surface area contributed by atoms with Gasteiger partial charge in [-0.05, 0) is 31.8 Å². The van der Waals surface area contributed by atoms with Gasteiger partial charge in [0.05, 0.1) is 55.5 Å². The van der Waals surface area contributed by atoms with Crippen molar-refractivity contribution in [3.63, 3.8) is 0 Å². The second kappa shape index (κ2) is 40.0. The number of alkyl halides is 2. The second-order valence-corrected chi connectivity index (χ2v) is 26.3. The van der Waals surface area contributed by atoms with E-state index in [2.05, 4.69) is 11.6 Å². The zero-order valence-corrected chi connectivity index (χ0v) is 50.9. The lowest BCUT2D eigenvalue weighted by Gasteiger charge is -2.32. The monoisotopic (exact) mass is 1160 g/mol. The first-order valence-corrected chi connectivity index (χ1v) is 32.6. The molecule has 78 heavy (non-hydrogen) atoms. The number of halogens is 2. The van der Waals surface area contributed by atoms with Gasteiger partial charge in [-0.3, -0.25) is 27.7 Å². The minimum absolute atomic E-state index is 0.0131. The molecule has 2 aliphatic heterocycles. The molecule has 0 spiro atoms. The lowest BCUT2D eigenvalue weighted by atomic mass is 10.0. The SMILES string of the molecule is C=C1N=C(N)C=CN1[C@@H]1O[C@H](COC(=O)CCCCCCCCCCCCCCCCCOP(=O)(O)OCC[N+](C)(C)C)C(OC(=O)CCCCCCCCCCCCCCCCCOP(=O)(O)OCC[N+](C)(C)C)C1(F)F. The van der Waals surface area contributed by atoms with Crippen molar-refractivity contribution in [1.82, 2.24) is 4.90 Å². The summed E-state index contributed by atoms with van der Waals surface area (Å²) in [5.41, 5.74) is 5.75. The Morgan fingerprint density at radius 1 is 0.603 bits per heavy atom. The van der Waals surface area contributed by atoms with E-state index in [9.17, 15) is 28.5 Å². The van der Waals surface area contributed by atoms with Gasteiger partial charge in [-0.1, -0.05) is 174 Å². The number of aliphatic imine (C=N–C) groups is 1. The van der Waals surface area contributed by atoms with Crippen LogP contribution in [-0.4, -0.2) is 154 Å². The summed E-state index contributed by atoms with van der Waals surface area (Å²) in [6.45, 7) is 5.28. The molecule has 0 bridgehead atoms. The Bertz CT molecular complexity index is 1820. The van der Waals surface area contributed by atoms with Crippen LogP contribution in [0.4, 0.5) is 8.78 Å². The lowest BCUT2D eigenvalue weighted by molar-refractivity contribution is -0.870. The van der Waals surface area contributed by atoms with Crippen LogP contribution in [0.2, 0.25) is 0 Å². The topological polar surface area (TPSA) is 215 Å². The van der Waals surface area contributed by atoms with E-state index in [0.29, 0.717) is 34.9 Å². The first kappa shape index (κ1) is 71.8. The van der Waals surface area contributed by atoms with Crippen LogP contribution < -0.4 is 5.73 Å². The summed E-state index contributed by atoms with van der Waals surface area (Å²) in [6.07, 6.45) is 28.7. The molecule has 456 valence electrons. The van der Waals surface area contributed by atoms with E-state index in [1.807, 2.05) is 42.3 Å². The third-order valence-electron chi connectivity index (χ3n) is 13.8. The Labute approximate surface area is 468 Å². The number of ether oxygens (including phenoxy) is 3. The summed E-state index contributed by atoms with van der Waals surface area (Å²) in [5, 5.41) is 0. The molecule has 1 saturated heterocycles. The number of nitrogens with zero attached hydrogens (tertiary/aromatic N) is 4. The number of rotatable bonds is 50. The number of phosphoric acid groups is 2. The molecule has 2 aliphatic rings. The maximum Gasteiger partial charge on any atom is 0.472 e. The summed E-state index contributed by atoms with van der Waals surface area (Å²) in [6, 6.07) is 0. The highest BCUT2D eigenvalue weighted by atomic mass is 31.2. The van der Waals surface area contributed by atoms with E-state index in [4.69, 9.17) is 38.0 Å². The van der Waals surface area contributed by atoms with Gasteiger partial charge in [0.1, 0.15) is 50.7 Å². The fraction of sp³-hybridized carbons (Fsp3) is 0.875. The van der Waals surface area contributed by atoms with E-state index in [1.54, 1.807) is 0 Å². The number of amidine groups is 1. The Balaban J connectivity index is 1.53. The third-order valence-corrected chi connectivity index (χ3v) is 15.9. The van der Waals surface area contributed by atoms with Gasteiger partial charge in [-0.2, -0.15) is 8.78 Å². The molecule has 2 heterocycles. The van der Waals surface area contributed by atoms with Crippen molar-refractivity contribution in [3.05, 3.63) is 24.7 Å². The lowest BCUT2D eigenvalue weighted by Crippen LogP contribution is -2.49. The molecule has 0 amide bonds. The van der Waals surface area contributed by atoms with Gasteiger partial charge in [-0.15, -0.1) is 0 Å². The summed E-state index contributed by atoms with van der Waals surface area (Å²) < 4.78 is 94.4. The highest BCUT2D eigenvalue weighted by molar-refractivity contribution is 7.47. The van der Waals surface area contributed by atoms with Gasteiger partial charge in [0.2, 0.25) is 6.23 Å². The Morgan fingerprint density at radius 2 is 0.936 bits per heavy atom. The summed E-state index contributed by atoms with van der Waals surface area (Å²) in [7, 11) is 3.97. The number of unbranched alkanes of at least 4 members (excludes halogenated alkanes) is 28. The smallest absolute Gasteiger partial charge is 0.463 e. The number of likely N-dealkylation sites (N-methyl/N-ethyl adjacent to an activating group) is 2. The van der Waals surface area contributed by atoms with Crippen LogP contribution >= 0.6 is 15.6 Å². The van der Waals surface area contributed by atoms with Crippen molar-refractivity contribution in [2.75, 3.05) is 88.4 Å². The first-order valence-electron chi connectivity index (χ1n) is 29.6. The molecule has 4 N–H and O–H groups in total. The van der Waals surface area contributed by atoms with Gasteiger partial charge in [0, 0.05) is 19.0 Å². The van der Waals surface area contributed by atoms with E-state index >= 15 is 8.78 Å². The summed E-state index contributed by atoms with van der Waals surface area (Å²) in [5.74, 6) is -4.92. The maximum atomic E-state index is 16.1. The number of esters is 2. The highest BCUT2D eigenvalue weighted by Crippen LogP contribution is 2.45. The number of carbonyl (C=O) groups excluding carboxylic acids is 2. The molecular weight excluding hydrogens is 1050 g/mol. The van der Waals surface area contributed by atoms with Crippen molar-refractivity contribution < 1.29 is 78.6 Å². The first-order chi connectivity index (χ1) is 36.9. The quantitative estimate of drug-likeness (QED) is 0.0224. The molecule has 2 rings (SSSR count). The molecule has 0 saturated carbocycles. The summed E-state index contributed by atoms with van der Waals surface area (Å²) >= 11 is 0. The van der Waals surface area contributed by atoms with Crippen molar-refractivity contribution in [3.8, 4) is 0 Å². The largest absolute Gasteiger partial charge is 0.472 e. The minimum atomic E-state index is -3.98. The molecule has 1 fully saturated rings. The van der Waals surface area contributed by atoms with Gasteiger partial charge in [0.15, 0.2) is 6.10 Å².